The summed E-state index contributed by atoms with van der Waals surface area (Å²) in [7, 11) is 0. The summed E-state index contributed by atoms with van der Waals surface area (Å²) < 4.78 is 1.09. The summed E-state index contributed by atoms with van der Waals surface area (Å²) in [5.41, 5.74) is 1.49. The number of nitrogens with zero attached hydrogens (tertiary/aromatic N) is 2. The van der Waals surface area contributed by atoms with Crippen molar-refractivity contribution in [1.29, 1.82) is 0 Å². The van der Waals surface area contributed by atoms with Crippen LogP contribution >= 0.6 is 23.2 Å². The maximum Gasteiger partial charge on any atom is 0.291 e. The summed E-state index contributed by atoms with van der Waals surface area (Å²) in [6.45, 7) is 1.42. The fourth-order valence-electron chi connectivity index (χ4n) is 2.39. The highest BCUT2D eigenvalue weighted by Gasteiger charge is 2.11. The molecule has 0 radical (unpaired) electrons. The van der Waals surface area contributed by atoms with Crippen LogP contribution in [-0.2, 0) is 4.79 Å². The molecular weight excluding hydrogens is 403 g/mol. The van der Waals surface area contributed by atoms with Gasteiger partial charge in [-0.2, -0.15) is 9.78 Å². The Kier molecular flexibility index (Phi) is 5.77. The van der Waals surface area contributed by atoms with Crippen LogP contribution in [0.5, 0.6) is 0 Å². The van der Waals surface area contributed by atoms with Crippen LogP contribution in [0.15, 0.2) is 59.5 Å². The molecular formula is C19H14Cl2N4O3. The number of carbonyl (C=O) groups is 2. The summed E-state index contributed by atoms with van der Waals surface area (Å²) >= 11 is 11.6. The van der Waals surface area contributed by atoms with Gasteiger partial charge in [0.05, 0.1) is 16.9 Å². The lowest BCUT2D eigenvalue weighted by Crippen LogP contribution is -2.21. The monoisotopic (exact) mass is 416 g/mol. The lowest BCUT2D eigenvalue weighted by molar-refractivity contribution is -0.114. The maximum atomic E-state index is 12.4. The number of carbonyl (C=O) groups excluding carboxylic acids is 2. The topological polar surface area (TPSA) is 93.1 Å². The molecule has 7 nitrogen and oxygen atoms in total. The SMILES string of the molecule is CC(=O)Nc1ccc(NC(=O)c2ccc(-n3ncc(Cl)c(Cl)c3=O)cc2)cc1. The molecule has 3 rings (SSSR count). The van der Waals surface area contributed by atoms with Crippen LogP contribution in [-0.4, -0.2) is 21.6 Å². The van der Waals surface area contributed by atoms with E-state index >= 15 is 0 Å². The molecule has 0 unspecified atom stereocenters. The third kappa shape index (κ3) is 4.39. The first-order valence-corrected chi connectivity index (χ1v) is 8.83. The molecule has 0 aliphatic carbocycles. The first-order valence-electron chi connectivity index (χ1n) is 8.08. The maximum absolute atomic E-state index is 12.4. The Balaban J connectivity index is 1.74. The molecule has 2 N–H and O–H groups in total. The van der Waals surface area contributed by atoms with Crippen molar-refractivity contribution < 1.29 is 9.59 Å². The van der Waals surface area contributed by atoms with Gasteiger partial charge in [0.1, 0.15) is 5.02 Å². The quantitative estimate of drug-likeness (QED) is 0.676. The van der Waals surface area contributed by atoms with Crippen molar-refractivity contribution in [2.24, 2.45) is 0 Å². The number of benzene rings is 2. The molecule has 28 heavy (non-hydrogen) atoms. The largest absolute Gasteiger partial charge is 0.326 e. The van der Waals surface area contributed by atoms with E-state index in [1.54, 1.807) is 48.5 Å². The van der Waals surface area contributed by atoms with E-state index in [4.69, 9.17) is 23.2 Å². The zero-order valence-corrected chi connectivity index (χ0v) is 16.1. The Labute approximate surface area is 169 Å². The van der Waals surface area contributed by atoms with Crippen LogP contribution in [0.2, 0.25) is 10.0 Å². The minimum absolute atomic E-state index is 0.0726. The van der Waals surface area contributed by atoms with E-state index in [1.807, 2.05) is 0 Å². The molecule has 0 spiro atoms. The summed E-state index contributed by atoms with van der Waals surface area (Å²) in [6.07, 6.45) is 1.27. The van der Waals surface area contributed by atoms with Gasteiger partial charge in [0.15, 0.2) is 0 Å². The van der Waals surface area contributed by atoms with E-state index in [2.05, 4.69) is 15.7 Å². The van der Waals surface area contributed by atoms with Crippen LogP contribution in [0.3, 0.4) is 0 Å². The van der Waals surface area contributed by atoms with Crippen LogP contribution in [0.4, 0.5) is 11.4 Å². The standard InChI is InChI=1S/C19H14Cl2N4O3/c1-11(26)23-13-4-6-14(7-5-13)24-18(27)12-2-8-15(9-3-12)25-19(28)17(21)16(20)10-22-25/h2-10H,1H3,(H,23,26)(H,24,27). The van der Waals surface area contributed by atoms with Crippen molar-refractivity contribution in [2.45, 2.75) is 6.92 Å². The summed E-state index contributed by atoms with van der Waals surface area (Å²) in [6, 6.07) is 13.0. The summed E-state index contributed by atoms with van der Waals surface area (Å²) in [5, 5.41) is 9.29. The minimum atomic E-state index is -0.550. The van der Waals surface area contributed by atoms with Gasteiger partial charge in [-0.15, -0.1) is 0 Å². The molecule has 0 bridgehead atoms. The van der Waals surface area contributed by atoms with Crippen LogP contribution in [0, 0.1) is 0 Å². The van der Waals surface area contributed by atoms with Crippen molar-refractivity contribution in [1.82, 2.24) is 9.78 Å². The molecule has 0 atom stereocenters. The highest BCUT2D eigenvalue weighted by molar-refractivity contribution is 6.41. The second kappa shape index (κ2) is 8.24. The Bertz CT molecular complexity index is 1090. The zero-order chi connectivity index (χ0) is 20.3. The van der Waals surface area contributed by atoms with E-state index in [9.17, 15) is 14.4 Å². The van der Waals surface area contributed by atoms with Crippen molar-refractivity contribution >= 4 is 46.4 Å². The number of amides is 2. The Hall–Kier alpha value is -3.16. The van der Waals surface area contributed by atoms with Crippen molar-refractivity contribution in [3.63, 3.8) is 0 Å². The Morgan fingerprint density at radius 2 is 1.50 bits per heavy atom. The number of hydrogen-bond acceptors (Lipinski definition) is 4. The van der Waals surface area contributed by atoms with Crippen molar-refractivity contribution in [2.75, 3.05) is 10.6 Å². The number of anilines is 2. The first-order chi connectivity index (χ1) is 13.3. The van der Waals surface area contributed by atoms with Gasteiger partial charge in [-0.1, -0.05) is 23.2 Å². The minimum Gasteiger partial charge on any atom is -0.326 e. The van der Waals surface area contributed by atoms with E-state index in [0.717, 1.165) is 4.68 Å². The molecule has 0 aliphatic heterocycles. The number of hydrogen-bond donors (Lipinski definition) is 2. The van der Waals surface area contributed by atoms with Gasteiger partial charge in [-0.25, -0.2) is 0 Å². The molecule has 0 aliphatic rings. The third-order valence-electron chi connectivity index (χ3n) is 3.71. The van der Waals surface area contributed by atoms with Crippen LogP contribution in [0.1, 0.15) is 17.3 Å². The van der Waals surface area contributed by atoms with Gasteiger partial charge >= 0.3 is 0 Å². The second-order valence-corrected chi connectivity index (χ2v) is 6.57. The molecule has 9 heteroatoms. The molecule has 1 heterocycles. The average molecular weight is 417 g/mol. The predicted octanol–water partition coefficient (Wildman–Crippen LogP) is 3.75. The molecule has 1 aromatic heterocycles. The van der Waals surface area contributed by atoms with Crippen molar-refractivity contribution in [3.05, 3.63) is 80.7 Å². The zero-order valence-electron chi connectivity index (χ0n) is 14.6. The molecule has 0 fully saturated rings. The van der Waals surface area contributed by atoms with E-state index in [1.165, 1.54) is 13.1 Å². The van der Waals surface area contributed by atoms with E-state index in [-0.39, 0.29) is 21.9 Å². The highest BCUT2D eigenvalue weighted by atomic mass is 35.5. The van der Waals surface area contributed by atoms with Gasteiger partial charge in [0.2, 0.25) is 5.91 Å². The highest BCUT2D eigenvalue weighted by Crippen LogP contribution is 2.17. The first kappa shape index (κ1) is 19.6. The lowest BCUT2D eigenvalue weighted by atomic mass is 10.2. The molecule has 2 amide bonds. The fraction of sp³-hybridized carbons (Fsp3) is 0.0526. The second-order valence-electron chi connectivity index (χ2n) is 5.78. The number of nitrogens with one attached hydrogen (secondary N) is 2. The number of aromatic nitrogens is 2. The fourth-order valence-corrected chi connectivity index (χ4v) is 2.65. The van der Waals surface area contributed by atoms with Gasteiger partial charge in [0, 0.05) is 23.9 Å². The van der Waals surface area contributed by atoms with Gasteiger partial charge in [-0.3, -0.25) is 14.4 Å². The molecule has 3 aromatic rings. The molecule has 2 aromatic carbocycles. The van der Waals surface area contributed by atoms with Crippen molar-refractivity contribution in [3.8, 4) is 5.69 Å². The van der Waals surface area contributed by atoms with Gasteiger partial charge < -0.3 is 10.6 Å². The van der Waals surface area contributed by atoms with E-state index < -0.39 is 5.56 Å². The number of rotatable bonds is 4. The Morgan fingerprint density at radius 3 is 2.07 bits per heavy atom. The van der Waals surface area contributed by atoms with Crippen LogP contribution in [0.25, 0.3) is 5.69 Å². The third-order valence-corrected chi connectivity index (χ3v) is 4.46. The van der Waals surface area contributed by atoms with Crippen LogP contribution < -0.4 is 16.2 Å². The molecule has 0 saturated carbocycles. The van der Waals surface area contributed by atoms with Gasteiger partial charge in [0.25, 0.3) is 11.5 Å². The number of halogens is 2. The molecule has 142 valence electrons. The van der Waals surface area contributed by atoms with Gasteiger partial charge in [-0.05, 0) is 48.5 Å². The summed E-state index contributed by atoms with van der Waals surface area (Å²) in [5.74, 6) is -0.499. The normalized spacial score (nSPS) is 10.4. The average Bonchev–Trinajstić information content (AvgIpc) is 2.67. The summed E-state index contributed by atoms with van der Waals surface area (Å²) in [4.78, 5) is 35.5. The lowest BCUT2D eigenvalue weighted by Gasteiger charge is -2.09. The van der Waals surface area contributed by atoms with E-state index in [0.29, 0.717) is 22.6 Å². The molecule has 0 saturated heterocycles. The Morgan fingerprint density at radius 1 is 0.929 bits per heavy atom. The smallest absolute Gasteiger partial charge is 0.291 e. The predicted molar refractivity (Wildman–Crippen MR) is 109 cm³/mol.